The van der Waals surface area contributed by atoms with Crippen LogP contribution in [0.15, 0.2) is 53.7 Å². The predicted octanol–water partition coefficient (Wildman–Crippen LogP) is 3.57. The smallest absolute Gasteiger partial charge is 0.233 e. The first kappa shape index (κ1) is 20.6. The minimum atomic E-state index is 0.0958. The number of nitrogens with zero attached hydrogens (tertiary/aromatic N) is 4. The van der Waals surface area contributed by atoms with Crippen molar-refractivity contribution in [1.29, 1.82) is 0 Å². The number of amides is 1. The molecule has 7 nitrogen and oxygen atoms in total. The number of hydrogen-bond donors (Lipinski definition) is 1. The van der Waals surface area contributed by atoms with E-state index in [4.69, 9.17) is 16.3 Å². The number of halogens is 1. The van der Waals surface area contributed by atoms with Gasteiger partial charge in [0.15, 0.2) is 5.82 Å². The van der Waals surface area contributed by atoms with Crippen LogP contribution in [0, 0.1) is 0 Å². The monoisotopic (exact) mass is 443 g/mol. The number of benzene rings is 2. The number of thioether (sulfide) groups is 1. The Bertz CT molecular complexity index is 1000. The third-order valence-corrected chi connectivity index (χ3v) is 6.15. The quantitative estimate of drug-likeness (QED) is 0.587. The van der Waals surface area contributed by atoms with E-state index >= 15 is 0 Å². The summed E-state index contributed by atoms with van der Waals surface area (Å²) in [6, 6.07) is 15.5. The van der Waals surface area contributed by atoms with Gasteiger partial charge in [0, 0.05) is 37.4 Å². The van der Waals surface area contributed by atoms with Crippen molar-refractivity contribution in [2.24, 2.45) is 0 Å². The number of methoxy groups -OCH3 is 1. The van der Waals surface area contributed by atoms with Crippen molar-refractivity contribution in [3.63, 3.8) is 0 Å². The average molecular weight is 444 g/mol. The number of ether oxygens (including phenoxy) is 1. The van der Waals surface area contributed by atoms with Crippen LogP contribution >= 0.6 is 23.4 Å². The number of H-pyrrole nitrogens is 1. The van der Waals surface area contributed by atoms with Crippen LogP contribution in [0.2, 0.25) is 5.02 Å². The molecule has 30 heavy (non-hydrogen) atoms. The second kappa shape index (κ2) is 9.40. The van der Waals surface area contributed by atoms with Gasteiger partial charge < -0.3 is 14.5 Å². The van der Waals surface area contributed by atoms with Gasteiger partial charge in [-0.15, -0.1) is 5.10 Å². The van der Waals surface area contributed by atoms with Gasteiger partial charge in [-0.1, -0.05) is 35.5 Å². The molecule has 0 saturated carbocycles. The molecule has 1 aliphatic rings. The summed E-state index contributed by atoms with van der Waals surface area (Å²) >= 11 is 7.53. The molecule has 0 aliphatic carbocycles. The molecule has 0 atom stereocenters. The van der Waals surface area contributed by atoms with E-state index in [1.807, 2.05) is 47.4 Å². The van der Waals surface area contributed by atoms with E-state index in [2.05, 4.69) is 20.1 Å². The van der Waals surface area contributed by atoms with Crippen LogP contribution in [0.25, 0.3) is 11.4 Å². The number of hydrogen-bond acceptors (Lipinski definition) is 6. The fraction of sp³-hybridized carbons (Fsp3) is 0.286. The van der Waals surface area contributed by atoms with Crippen molar-refractivity contribution in [2.75, 3.05) is 43.9 Å². The number of anilines is 1. The van der Waals surface area contributed by atoms with Crippen molar-refractivity contribution in [3.05, 3.63) is 53.6 Å². The molecule has 0 spiro atoms. The van der Waals surface area contributed by atoms with E-state index in [-0.39, 0.29) is 5.91 Å². The predicted molar refractivity (Wildman–Crippen MR) is 119 cm³/mol. The van der Waals surface area contributed by atoms with Gasteiger partial charge in [0.05, 0.1) is 17.9 Å². The summed E-state index contributed by atoms with van der Waals surface area (Å²) in [5, 5.41) is 8.23. The molecule has 3 aromatic rings. The Hall–Kier alpha value is -2.71. The molecule has 1 aromatic heterocycles. The van der Waals surface area contributed by atoms with Gasteiger partial charge in [0.1, 0.15) is 5.75 Å². The van der Waals surface area contributed by atoms with Gasteiger partial charge in [-0.05, 0) is 36.4 Å². The van der Waals surface area contributed by atoms with Crippen LogP contribution in [0.4, 0.5) is 5.69 Å². The molecule has 0 bridgehead atoms. The number of piperazine rings is 1. The maximum Gasteiger partial charge on any atom is 0.233 e. The highest BCUT2D eigenvalue weighted by molar-refractivity contribution is 7.99. The largest absolute Gasteiger partial charge is 0.497 e. The molecule has 4 rings (SSSR count). The van der Waals surface area contributed by atoms with Gasteiger partial charge in [0.25, 0.3) is 0 Å². The SMILES string of the molecule is COc1ccc(N2CCN(C(=O)CSc3n[nH]c(-c4ccccc4Cl)n3)CC2)cc1. The first-order valence-electron chi connectivity index (χ1n) is 9.61. The lowest BCUT2D eigenvalue weighted by Crippen LogP contribution is -2.49. The van der Waals surface area contributed by atoms with Crippen molar-refractivity contribution in [3.8, 4) is 17.1 Å². The van der Waals surface area contributed by atoms with Crippen LogP contribution in [-0.2, 0) is 4.79 Å². The van der Waals surface area contributed by atoms with Crippen molar-refractivity contribution in [2.45, 2.75) is 5.16 Å². The molecule has 1 amide bonds. The van der Waals surface area contributed by atoms with Gasteiger partial charge >= 0.3 is 0 Å². The van der Waals surface area contributed by atoms with Crippen LogP contribution in [0.1, 0.15) is 0 Å². The van der Waals surface area contributed by atoms with Gasteiger partial charge in [-0.2, -0.15) is 0 Å². The standard InChI is InChI=1S/C21H22ClN5O2S/c1-29-16-8-6-15(7-9-16)26-10-12-27(13-11-26)19(28)14-30-21-23-20(24-25-21)17-4-2-3-5-18(17)22/h2-9H,10-14H2,1H3,(H,23,24,25). The van der Waals surface area contributed by atoms with E-state index in [1.165, 1.54) is 11.8 Å². The van der Waals surface area contributed by atoms with Crippen molar-refractivity contribution < 1.29 is 9.53 Å². The zero-order valence-corrected chi connectivity index (χ0v) is 18.1. The summed E-state index contributed by atoms with van der Waals surface area (Å²) in [5.74, 6) is 1.85. The molecule has 156 valence electrons. The molecular weight excluding hydrogens is 422 g/mol. The maximum absolute atomic E-state index is 12.6. The zero-order valence-electron chi connectivity index (χ0n) is 16.5. The number of rotatable bonds is 6. The highest BCUT2D eigenvalue weighted by atomic mass is 35.5. The zero-order chi connectivity index (χ0) is 20.9. The van der Waals surface area contributed by atoms with Crippen molar-refractivity contribution >= 4 is 35.0 Å². The fourth-order valence-corrected chi connectivity index (χ4v) is 4.24. The Kier molecular flexibility index (Phi) is 6.44. The lowest BCUT2D eigenvalue weighted by Gasteiger charge is -2.36. The molecular formula is C21H22ClN5O2S. The fourth-order valence-electron chi connectivity index (χ4n) is 3.31. The Morgan fingerprint density at radius 2 is 1.87 bits per heavy atom. The summed E-state index contributed by atoms with van der Waals surface area (Å²) in [6.45, 7) is 3.01. The highest BCUT2D eigenvalue weighted by Gasteiger charge is 2.22. The summed E-state index contributed by atoms with van der Waals surface area (Å²) in [5.41, 5.74) is 1.93. The lowest BCUT2D eigenvalue weighted by atomic mass is 10.2. The molecule has 0 radical (unpaired) electrons. The average Bonchev–Trinajstić information content (AvgIpc) is 3.27. The van der Waals surface area contributed by atoms with Gasteiger partial charge in [0.2, 0.25) is 11.1 Å². The first-order valence-corrected chi connectivity index (χ1v) is 11.0. The van der Waals surface area contributed by atoms with Gasteiger partial charge in [-0.25, -0.2) is 4.98 Å². The molecule has 0 unspecified atom stereocenters. The van der Waals surface area contributed by atoms with E-state index in [1.54, 1.807) is 13.2 Å². The Labute approximate surface area is 184 Å². The van der Waals surface area contributed by atoms with Crippen LogP contribution in [0.3, 0.4) is 0 Å². The normalized spacial score (nSPS) is 14.1. The molecule has 1 aliphatic heterocycles. The summed E-state index contributed by atoms with van der Waals surface area (Å²) in [7, 11) is 1.66. The second-order valence-corrected chi connectivity index (χ2v) is 8.15. The van der Waals surface area contributed by atoms with E-state index in [9.17, 15) is 4.79 Å². The molecule has 2 aromatic carbocycles. The Balaban J connectivity index is 1.28. The van der Waals surface area contributed by atoms with E-state index in [0.29, 0.717) is 34.8 Å². The van der Waals surface area contributed by atoms with Crippen LogP contribution < -0.4 is 9.64 Å². The van der Waals surface area contributed by atoms with Crippen molar-refractivity contribution in [1.82, 2.24) is 20.1 Å². The molecule has 9 heteroatoms. The third kappa shape index (κ3) is 4.71. The summed E-state index contributed by atoms with van der Waals surface area (Å²) in [6.07, 6.45) is 0. The molecule has 2 heterocycles. The number of aromatic amines is 1. The maximum atomic E-state index is 12.6. The molecule has 1 saturated heterocycles. The number of carbonyl (C=O) groups excluding carboxylic acids is 1. The van der Waals surface area contributed by atoms with E-state index < -0.39 is 0 Å². The van der Waals surface area contributed by atoms with Crippen LogP contribution in [-0.4, -0.2) is 65.0 Å². The summed E-state index contributed by atoms with van der Waals surface area (Å²) < 4.78 is 5.21. The minimum Gasteiger partial charge on any atom is -0.497 e. The third-order valence-electron chi connectivity index (χ3n) is 4.99. The summed E-state index contributed by atoms with van der Waals surface area (Å²) in [4.78, 5) is 21.2. The number of aromatic nitrogens is 3. The molecule has 1 N–H and O–H groups in total. The second-order valence-electron chi connectivity index (χ2n) is 6.80. The lowest BCUT2D eigenvalue weighted by molar-refractivity contribution is -0.128. The number of carbonyl (C=O) groups is 1. The topological polar surface area (TPSA) is 74.3 Å². The highest BCUT2D eigenvalue weighted by Crippen LogP contribution is 2.26. The minimum absolute atomic E-state index is 0.0958. The van der Waals surface area contributed by atoms with Crippen LogP contribution in [0.5, 0.6) is 5.75 Å². The Morgan fingerprint density at radius 1 is 1.13 bits per heavy atom. The first-order chi connectivity index (χ1) is 14.6. The number of nitrogens with one attached hydrogen (secondary N) is 1. The molecule has 1 fully saturated rings. The Morgan fingerprint density at radius 3 is 2.57 bits per heavy atom. The van der Waals surface area contributed by atoms with E-state index in [0.717, 1.165) is 30.1 Å². The van der Waals surface area contributed by atoms with Gasteiger partial charge in [-0.3, -0.25) is 9.89 Å².